The van der Waals surface area contributed by atoms with Crippen molar-refractivity contribution in [1.29, 1.82) is 0 Å². The van der Waals surface area contributed by atoms with Crippen LogP contribution in [0.4, 0.5) is 16.3 Å². The Morgan fingerprint density at radius 2 is 2.00 bits per heavy atom. The van der Waals surface area contributed by atoms with E-state index in [4.69, 9.17) is 4.74 Å². The SMILES string of the molecule is Cc1nc(C(=O)N(C)C)ccc1Nc1ccn([C@H]2CC[C@@H](OC(=O)NC3(C)CC3)C2)n1. The summed E-state index contributed by atoms with van der Waals surface area (Å²) >= 11 is 0. The molecule has 2 N–H and O–H groups in total. The number of nitrogens with one attached hydrogen (secondary N) is 2. The number of ether oxygens (including phenoxy) is 1. The zero-order valence-corrected chi connectivity index (χ0v) is 18.5. The first-order chi connectivity index (χ1) is 14.7. The van der Waals surface area contributed by atoms with Gasteiger partial charge in [0.2, 0.25) is 0 Å². The Hall–Kier alpha value is -3.10. The fourth-order valence-corrected chi connectivity index (χ4v) is 3.79. The Kier molecular flexibility index (Phi) is 5.60. The lowest BCUT2D eigenvalue weighted by atomic mass is 10.2. The maximum atomic E-state index is 12.1. The Balaban J connectivity index is 1.33. The summed E-state index contributed by atoms with van der Waals surface area (Å²) < 4.78 is 7.53. The van der Waals surface area contributed by atoms with Gasteiger partial charge in [0, 0.05) is 38.3 Å². The third kappa shape index (κ3) is 4.98. The summed E-state index contributed by atoms with van der Waals surface area (Å²) in [6.07, 6.45) is 6.08. The molecule has 2 fully saturated rings. The Bertz CT molecular complexity index is 981. The van der Waals surface area contributed by atoms with E-state index < -0.39 is 0 Å². The van der Waals surface area contributed by atoms with Crippen molar-refractivity contribution in [3.8, 4) is 0 Å². The highest BCUT2D eigenvalue weighted by Gasteiger charge is 2.40. The highest BCUT2D eigenvalue weighted by molar-refractivity contribution is 5.92. The second kappa shape index (κ2) is 8.20. The van der Waals surface area contributed by atoms with E-state index in [1.165, 1.54) is 4.90 Å². The summed E-state index contributed by atoms with van der Waals surface area (Å²) in [6, 6.07) is 5.66. The minimum absolute atomic E-state index is 0.0669. The number of hydrogen-bond acceptors (Lipinski definition) is 6. The van der Waals surface area contributed by atoms with Gasteiger partial charge in [0.1, 0.15) is 11.8 Å². The molecule has 0 aliphatic heterocycles. The van der Waals surface area contributed by atoms with Gasteiger partial charge in [-0.05, 0) is 51.7 Å². The van der Waals surface area contributed by atoms with E-state index in [1.807, 2.05) is 36.9 Å². The van der Waals surface area contributed by atoms with Crippen molar-refractivity contribution in [1.82, 2.24) is 25.0 Å². The molecule has 2 saturated carbocycles. The molecule has 2 atom stereocenters. The monoisotopic (exact) mass is 426 g/mol. The first-order valence-electron chi connectivity index (χ1n) is 10.7. The molecule has 4 rings (SSSR count). The molecule has 2 aromatic rings. The molecule has 0 aromatic carbocycles. The first-order valence-corrected chi connectivity index (χ1v) is 10.7. The van der Waals surface area contributed by atoms with E-state index in [9.17, 15) is 9.59 Å². The maximum Gasteiger partial charge on any atom is 0.407 e. The van der Waals surface area contributed by atoms with E-state index in [-0.39, 0.29) is 29.7 Å². The third-order valence-electron chi connectivity index (χ3n) is 5.99. The first kappa shape index (κ1) is 21.1. The van der Waals surface area contributed by atoms with Crippen molar-refractivity contribution in [2.24, 2.45) is 0 Å². The molecule has 2 aliphatic carbocycles. The van der Waals surface area contributed by atoms with Gasteiger partial charge in [0.25, 0.3) is 5.91 Å². The highest BCUT2D eigenvalue weighted by atomic mass is 16.6. The molecule has 0 radical (unpaired) electrons. The van der Waals surface area contributed by atoms with Crippen LogP contribution in [-0.4, -0.2) is 57.4 Å². The van der Waals surface area contributed by atoms with Gasteiger partial charge in [-0.25, -0.2) is 9.78 Å². The van der Waals surface area contributed by atoms with Crippen LogP contribution in [0.3, 0.4) is 0 Å². The predicted molar refractivity (Wildman–Crippen MR) is 116 cm³/mol. The molecule has 9 heteroatoms. The summed E-state index contributed by atoms with van der Waals surface area (Å²) in [6.45, 7) is 3.90. The van der Waals surface area contributed by atoms with Gasteiger partial charge in [-0.15, -0.1) is 0 Å². The summed E-state index contributed by atoms with van der Waals surface area (Å²) in [7, 11) is 3.41. The molecule has 166 valence electrons. The molecule has 2 aliphatic rings. The van der Waals surface area contributed by atoms with Crippen molar-refractivity contribution >= 4 is 23.5 Å². The fraction of sp³-hybridized carbons (Fsp3) is 0.545. The number of alkyl carbamates (subject to hydrolysis) is 1. The molecule has 0 unspecified atom stereocenters. The predicted octanol–water partition coefficient (Wildman–Crippen LogP) is 3.40. The molecule has 9 nitrogen and oxygen atoms in total. The third-order valence-corrected chi connectivity index (χ3v) is 5.99. The lowest BCUT2D eigenvalue weighted by Crippen LogP contribution is -2.36. The van der Waals surface area contributed by atoms with Crippen molar-refractivity contribution in [2.75, 3.05) is 19.4 Å². The van der Waals surface area contributed by atoms with Crippen LogP contribution in [0.25, 0.3) is 0 Å². The smallest absolute Gasteiger partial charge is 0.407 e. The van der Waals surface area contributed by atoms with Crippen LogP contribution in [0.15, 0.2) is 24.4 Å². The zero-order valence-electron chi connectivity index (χ0n) is 18.5. The van der Waals surface area contributed by atoms with Gasteiger partial charge >= 0.3 is 6.09 Å². The van der Waals surface area contributed by atoms with Crippen molar-refractivity contribution in [3.63, 3.8) is 0 Å². The number of nitrogens with zero attached hydrogens (tertiary/aromatic N) is 4. The molecule has 0 bridgehead atoms. The van der Waals surface area contributed by atoms with Crippen LogP contribution in [-0.2, 0) is 4.74 Å². The number of pyridine rings is 1. The summed E-state index contributed by atoms with van der Waals surface area (Å²) in [5, 5.41) is 10.9. The van der Waals surface area contributed by atoms with Gasteiger partial charge in [-0.2, -0.15) is 5.10 Å². The van der Waals surface area contributed by atoms with Crippen LogP contribution in [0.1, 0.15) is 61.3 Å². The molecular formula is C22H30N6O3. The Morgan fingerprint density at radius 1 is 1.23 bits per heavy atom. The summed E-state index contributed by atoms with van der Waals surface area (Å²) in [4.78, 5) is 30.0. The number of anilines is 2. The average Bonchev–Trinajstić information content (AvgIpc) is 3.09. The second-order valence-electron chi connectivity index (χ2n) is 9.01. The van der Waals surface area contributed by atoms with E-state index in [2.05, 4.69) is 20.7 Å². The largest absolute Gasteiger partial charge is 0.446 e. The lowest BCUT2D eigenvalue weighted by molar-refractivity contribution is 0.0821. The minimum atomic E-state index is -0.312. The average molecular weight is 427 g/mol. The normalized spacial score (nSPS) is 21.4. The molecule has 0 saturated heterocycles. The van der Waals surface area contributed by atoms with E-state index in [0.717, 1.165) is 43.5 Å². The molecule has 0 spiro atoms. The van der Waals surface area contributed by atoms with Crippen molar-refractivity contribution in [2.45, 2.75) is 63.6 Å². The van der Waals surface area contributed by atoms with Crippen LogP contribution in [0.5, 0.6) is 0 Å². The van der Waals surface area contributed by atoms with E-state index >= 15 is 0 Å². The summed E-state index contributed by atoms with van der Waals surface area (Å²) in [5.41, 5.74) is 1.88. The fourth-order valence-electron chi connectivity index (χ4n) is 3.79. The van der Waals surface area contributed by atoms with E-state index in [1.54, 1.807) is 20.2 Å². The van der Waals surface area contributed by atoms with Crippen LogP contribution in [0.2, 0.25) is 0 Å². The zero-order chi connectivity index (χ0) is 22.2. The van der Waals surface area contributed by atoms with E-state index in [0.29, 0.717) is 11.5 Å². The molecule has 2 heterocycles. The second-order valence-corrected chi connectivity index (χ2v) is 9.01. The molecule has 31 heavy (non-hydrogen) atoms. The number of rotatable bonds is 6. The molecular weight excluding hydrogens is 396 g/mol. The molecule has 2 amide bonds. The van der Waals surface area contributed by atoms with Crippen molar-refractivity contribution < 1.29 is 14.3 Å². The number of carbonyl (C=O) groups is 2. The van der Waals surface area contributed by atoms with Gasteiger partial charge in [-0.1, -0.05) is 0 Å². The highest BCUT2D eigenvalue weighted by Crippen LogP contribution is 2.35. The van der Waals surface area contributed by atoms with Crippen LogP contribution < -0.4 is 10.6 Å². The van der Waals surface area contributed by atoms with Gasteiger partial charge in [-0.3, -0.25) is 9.48 Å². The minimum Gasteiger partial charge on any atom is -0.446 e. The summed E-state index contributed by atoms with van der Waals surface area (Å²) in [5.74, 6) is 0.581. The maximum absolute atomic E-state index is 12.1. The number of carbonyl (C=O) groups excluding carboxylic acids is 2. The van der Waals surface area contributed by atoms with Crippen molar-refractivity contribution in [3.05, 3.63) is 35.8 Å². The Morgan fingerprint density at radius 3 is 2.68 bits per heavy atom. The standard InChI is InChI=1S/C22H30N6O3/c1-14-17(7-8-18(23-14)20(29)27(3)4)24-19-9-12-28(26-19)15-5-6-16(13-15)31-21(30)25-22(2)10-11-22/h7-9,12,15-16H,5-6,10-11,13H2,1-4H3,(H,24,26)(H,25,30)/t15-,16+/m0/s1. The Labute approximate surface area is 182 Å². The number of hydrogen-bond donors (Lipinski definition) is 2. The van der Waals surface area contributed by atoms with Gasteiger partial charge in [0.05, 0.1) is 17.4 Å². The molecule has 2 aromatic heterocycles. The number of aryl methyl sites for hydroxylation is 1. The number of amides is 2. The lowest BCUT2D eigenvalue weighted by Gasteiger charge is -2.16. The van der Waals surface area contributed by atoms with Gasteiger partial charge < -0.3 is 20.3 Å². The topological polar surface area (TPSA) is 101 Å². The van der Waals surface area contributed by atoms with Crippen LogP contribution in [0, 0.1) is 6.92 Å². The number of aromatic nitrogens is 3. The quantitative estimate of drug-likeness (QED) is 0.734. The van der Waals surface area contributed by atoms with Gasteiger partial charge in [0.15, 0.2) is 5.82 Å². The van der Waals surface area contributed by atoms with Crippen LogP contribution >= 0.6 is 0 Å².